The Hall–Kier alpha value is -1.55. The molecule has 1 saturated heterocycles. The van der Waals surface area contributed by atoms with Crippen LogP contribution in [-0.2, 0) is 4.79 Å². The number of anilines is 1. The van der Waals surface area contributed by atoms with Gasteiger partial charge in [0.1, 0.15) is 0 Å². The van der Waals surface area contributed by atoms with Crippen LogP contribution in [0.15, 0.2) is 24.3 Å². The normalized spacial score (nSPS) is 18.3. The molecule has 0 aliphatic carbocycles. The van der Waals surface area contributed by atoms with E-state index in [9.17, 15) is 4.79 Å². The maximum absolute atomic E-state index is 11.2. The predicted octanol–water partition coefficient (Wildman–Crippen LogP) is 1.80. The summed E-state index contributed by atoms with van der Waals surface area (Å²) in [5, 5.41) is 0. The van der Waals surface area contributed by atoms with Crippen molar-refractivity contribution in [3.63, 3.8) is 0 Å². The second-order valence-electron chi connectivity index (χ2n) is 5.24. The van der Waals surface area contributed by atoms with Crippen LogP contribution in [0.4, 0.5) is 5.69 Å². The number of piperidine rings is 1. The summed E-state index contributed by atoms with van der Waals surface area (Å²) in [5.74, 6) is -0.138. The molecule has 1 fully saturated rings. The second-order valence-corrected chi connectivity index (χ2v) is 5.24. The van der Waals surface area contributed by atoms with Crippen LogP contribution in [0.1, 0.15) is 37.8 Å². The number of benzene rings is 1. The number of nitrogens with zero attached hydrogens (tertiary/aromatic N) is 1. The Balaban J connectivity index is 2.13. The molecule has 0 radical (unpaired) electrons. The molecule has 4 nitrogen and oxygen atoms in total. The minimum absolute atomic E-state index is 0.0308. The first-order chi connectivity index (χ1) is 9.13. The van der Waals surface area contributed by atoms with Crippen molar-refractivity contribution in [2.45, 2.75) is 32.2 Å². The smallest absolute Gasteiger partial charge is 0.220 e. The lowest BCUT2D eigenvalue weighted by molar-refractivity contribution is -0.122. The highest BCUT2D eigenvalue weighted by Gasteiger charge is 2.24. The van der Waals surface area contributed by atoms with Gasteiger partial charge in [-0.1, -0.05) is 25.1 Å². The largest absolute Gasteiger partial charge is 0.371 e. The average molecular weight is 261 g/mol. The van der Waals surface area contributed by atoms with Gasteiger partial charge in [0.05, 0.1) is 0 Å². The van der Waals surface area contributed by atoms with Crippen LogP contribution >= 0.6 is 0 Å². The SMILES string of the molecule is CCC(N)c1ccccc1N1CCC(C(N)=O)CC1. The standard InChI is InChI=1S/C15H23N3O/c1-2-13(16)12-5-3-4-6-14(12)18-9-7-11(8-10-18)15(17)19/h3-6,11,13H,2,7-10,16H2,1H3,(H2,17,19). The van der Waals surface area contributed by atoms with Crippen LogP contribution in [0.5, 0.6) is 0 Å². The van der Waals surface area contributed by atoms with Gasteiger partial charge in [0.2, 0.25) is 5.91 Å². The van der Waals surface area contributed by atoms with Crippen LogP contribution < -0.4 is 16.4 Å². The van der Waals surface area contributed by atoms with Gasteiger partial charge in [0, 0.05) is 30.7 Å². The van der Waals surface area contributed by atoms with E-state index in [2.05, 4.69) is 24.0 Å². The highest BCUT2D eigenvalue weighted by atomic mass is 16.1. The first-order valence-corrected chi connectivity index (χ1v) is 7.02. The van der Waals surface area contributed by atoms with Crippen molar-refractivity contribution in [1.29, 1.82) is 0 Å². The molecule has 0 saturated carbocycles. The monoisotopic (exact) mass is 261 g/mol. The van der Waals surface area contributed by atoms with E-state index in [1.165, 1.54) is 11.3 Å². The predicted molar refractivity (Wildman–Crippen MR) is 77.8 cm³/mol. The highest BCUT2D eigenvalue weighted by molar-refractivity contribution is 5.77. The molecule has 19 heavy (non-hydrogen) atoms. The van der Waals surface area contributed by atoms with E-state index < -0.39 is 0 Å². The molecular weight excluding hydrogens is 238 g/mol. The summed E-state index contributed by atoms with van der Waals surface area (Å²) in [6, 6.07) is 8.37. The van der Waals surface area contributed by atoms with Crippen LogP contribution in [0.25, 0.3) is 0 Å². The van der Waals surface area contributed by atoms with Crippen molar-refractivity contribution in [3.05, 3.63) is 29.8 Å². The Kier molecular flexibility index (Phi) is 4.43. The number of amides is 1. The highest BCUT2D eigenvalue weighted by Crippen LogP contribution is 2.30. The van der Waals surface area contributed by atoms with Crippen LogP contribution in [-0.4, -0.2) is 19.0 Å². The Morgan fingerprint density at radius 2 is 2.00 bits per heavy atom. The van der Waals surface area contributed by atoms with Gasteiger partial charge in [-0.05, 0) is 30.9 Å². The first kappa shape index (κ1) is 13.9. The van der Waals surface area contributed by atoms with Gasteiger partial charge < -0.3 is 16.4 Å². The lowest BCUT2D eigenvalue weighted by Gasteiger charge is -2.34. The van der Waals surface area contributed by atoms with E-state index >= 15 is 0 Å². The molecule has 2 rings (SSSR count). The third kappa shape index (κ3) is 3.07. The van der Waals surface area contributed by atoms with Gasteiger partial charge >= 0.3 is 0 Å². The van der Waals surface area contributed by atoms with Gasteiger partial charge in [-0.25, -0.2) is 0 Å². The molecule has 0 aromatic heterocycles. The summed E-state index contributed by atoms with van der Waals surface area (Å²) >= 11 is 0. The van der Waals surface area contributed by atoms with Crippen molar-refractivity contribution in [2.24, 2.45) is 17.4 Å². The van der Waals surface area contributed by atoms with E-state index in [-0.39, 0.29) is 17.9 Å². The Labute approximate surface area is 114 Å². The van der Waals surface area contributed by atoms with E-state index in [0.29, 0.717) is 0 Å². The summed E-state index contributed by atoms with van der Waals surface area (Å²) in [4.78, 5) is 13.5. The molecular formula is C15H23N3O. The minimum atomic E-state index is -0.168. The van der Waals surface area contributed by atoms with E-state index in [0.717, 1.165) is 32.4 Å². The quantitative estimate of drug-likeness (QED) is 0.868. The number of para-hydroxylation sites is 1. The fraction of sp³-hybridized carbons (Fsp3) is 0.533. The van der Waals surface area contributed by atoms with E-state index in [1.54, 1.807) is 0 Å². The summed E-state index contributed by atoms with van der Waals surface area (Å²) < 4.78 is 0. The van der Waals surface area contributed by atoms with Crippen molar-refractivity contribution < 1.29 is 4.79 Å². The molecule has 4 heteroatoms. The molecule has 104 valence electrons. The molecule has 1 aliphatic heterocycles. The number of rotatable bonds is 4. The third-order valence-electron chi connectivity index (χ3n) is 4.01. The number of nitrogens with two attached hydrogens (primary N) is 2. The van der Waals surface area contributed by atoms with Crippen LogP contribution in [0.2, 0.25) is 0 Å². The van der Waals surface area contributed by atoms with Crippen molar-refractivity contribution in [2.75, 3.05) is 18.0 Å². The summed E-state index contributed by atoms with van der Waals surface area (Å²) in [7, 11) is 0. The molecule has 1 aromatic carbocycles. The zero-order valence-corrected chi connectivity index (χ0v) is 11.5. The molecule has 4 N–H and O–H groups in total. The number of hydrogen-bond acceptors (Lipinski definition) is 3. The van der Waals surface area contributed by atoms with Crippen LogP contribution in [0, 0.1) is 5.92 Å². The molecule has 1 aliphatic rings. The third-order valence-corrected chi connectivity index (χ3v) is 4.01. The lowest BCUT2D eigenvalue weighted by Crippen LogP contribution is -2.39. The molecule has 1 amide bonds. The van der Waals surface area contributed by atoms with Crippen molar-refractivity contribution in [1.82, 2.24) is 0 Å². The van der Waals surface area contributed by atoms with Crippen molar-refractivity contribution in [3.8, 4) is 0 Å². The van der Waals surface area contributed by atoms with Gasteiger partial charge in [0.15, 0.2) is 0 Å². The molecule has 1 atom stereocenters. The summed E-state index contributed by atoms with van der Waals surface area (Å²) in [6.07, 6.45) is 2.60. The number of carbonyl (C=O) groups is 1. The Bertz CT molecular complexity index is 439. The van der Waals surface area contributed by atoms with Gasteiger partial charge in [-0.3, -0.25) is 4.79 Å². The summed E-state index contributed by atoms with van der Waals surface area (Å²) in [6.45, 7) is 3.85. The Morgan fingerprint density at radius 3 is 2.58 bits per heavy atom. The van der Waals surface area contributed by atoms with E-state index in [4.69, 9.17) is 11.5 Å². The molecule has 0 bridgehead atoms. The number of carbonyl (C=O) groups excluding carboxylic acids is 1. The Morgan fingerprint density at radius 1 is 1.37 bits per heavy atom. The molecule has 1 unspecified atom stereocenters. The molecule has 1 heterocycles. The average Bonchev–Trinajstić information content (AvgIpc) is 2.46. The molecule has 0 spiro atoms. The molecule has 1 aromatic rings. The first-order valence-electron chi connectivity index (χ1n) is 7.02. The number of hydrogen-bond donors (Lipinski definition) is 2. The minimum Gasteiger partial charge on any atom is -0.371 e. The van der Waals surface area contributed by atoms with Crippen molar-refractivity contribution >= 4 is 11.6 Å². The van der Waals surface area contributed by atoms with Gasteiger partial charge in [0.25, 0.3) is 0 Å². The number of primary amides is 1. The fourth-order valence-electron chi connectivity index (χ4n) is 2.71. The fourth-order valence-corrected chi connectivity index (χ4v) is 2.71. The lowest BCUT2D eigenvalue weighted by atomic mass is 9.94. The van der Waals surface area contributed by atoms with E-state index in [1.807, 2.05) is 12.1 Å². The van der Waals surface area contributed by atoms with Gasteiger partial charge in [-0.15, -0.1) is 0 Å². The maximum Gasteiger partial charge on any atom is 0.220 e. The topological polar surface area (TPSA) is 72.3 Å². The van der Waals surface area contributed by atoms with Crippen LogP contribution in [0.3, 0.4) is 0 Å². The second kappa shape index (κ2) is 6.06. The zero-order valence-electron chi connectivity index (χ0n) is 11.5. The maximum atomic E-state index is 11.2. The zero-order chi connectivity index (χ0) is 13.8. The summed E-state index contributed by atoms with van der Waals surface area (Å²) in [5.41, 5.74) is 14.0. The van der Waals surface area contributed by atoms with Gasteiger partial charge in [-0.2, -0.15) is 0 Å².